The van der Waals surface area contributed by atoms with Crippen LogP contribution < -0.4 is 5.32 Å². The zero-order chi connectivity index (χ0) is 12.7. The van der Waals surface area contributed by atoms with Gasteiger partial charge in [0.15, 0.2) is 0 Å². The van der Waals surface area contributed by atoms with Crippen molar-refractivity contribution in [2.75, 3.05) is 32.8 Å². The van der Waals surface area contributed by atoms with Crippen molar-refractivity contribution in [2.45, 2.75) is 19.8 Å². The minimum Gasteiger partial charge on any atom is -0.463 e. The third-order valence-corrected chi connectivity index (χ3v) is 2.64. The average molecular weight is 240 g/mol. The molecule has 0 atom stereocenters. The zero-order valence-electron chi connectivity index (χ0n) is 10.3. The molecule has 0 radical (unpaired) electrons. The number of amides is 1. The fourth-order valence-electron chi connectivity index (χ4n) is 1.70. The Balaban J connectivity index is 2.16. The molecule has 0 bridgehead atoms. The predicted octanol–water partition coefficient (Wildman–Crippen LogP) is 0.318. The van der Waals surface area contributed by atoms with Crippen molar-refractivity contribution >= 4 is 11.9 Å². The van der Waals surface area contributed by atoms with Crippen LogP contribution >= 0.6 is 0 Å². The van der Waals surface area contributed by atoms with Crippen molar-refractivity contribution in [3.63, 3.8) is 0 Å². The van der Waals surface area contributed by atoms with Gasteiger partial charge in [-0.1, -0.05) is 6.58 Å². The minimum absolute atomic E-state index is 0.0826. The van der Waals surface area contributed by atoms with Gasteiger partial charge >= 0.3 is 5.97 Å². The van der Waals surface area contributed by atoms with Gasteiger partial charge in [0.2, 0.25) is 5.91 Å². The van der Waals surface area contributed by atoms with E-state index in [-0.39, 0.29) is 12.5 Å². The molecule has 1 rings (SSSR count). The number of nitrogens with one attached hydrogen (secondary N) is 1. The summed E-state index contributed by atoms with van der Waals surface area (Å²) < 4.78 is 4.79. The smallest absolute Gasteiger partial charge is 0.334 e. The van der Waals surface area contributed by atoms with Crippen LogP contribution in [0, 0.1) is 0 Å². The van der Waals surface area contributed by atoms with Crippen LogP contribution in [-0.2, 0) is 14.3 Å². The molecule has 0 aliphatic carbocycles. The second-order valence-corrected chi connectivity index (χ2v) is 4.02. The summed E-state index contributed by atoms with van der Waals surface area (Å²) in [5.74, 6) is -0.326. The second-order valence-electron chi connectivity index (χ2n) is 4.02. The Morgan fingerprint density at radius 1 is 1.29 bits per heavy atom. The van der Waals surface area contributed by atoms with Gasteiger partial charge in [0, 0.05) is 25.2 Å². The molecule has 0 aromatic heterocycles. The summed E-state index contributed by atoms with van der Waals surface area (Å²) in [7, 11) is 0. The molecule has 0 aromatic carbocycles. The standard InChI is InChI=1S/C12H20N2O3/c1-3-17-12(16)10(2)8-13-9-11(15)14-6-4-5-7-14/h13H,2-9H2,1H3. The molecular weight excluding hydrogens is 220 g/mol. The third kappa shape index (κ3) is 4.56. The van der Waals surface area contributed by atoms with E-state index in [1.165, 1.54) is 0 Å². The first kappa shape index (κ1) is 13.7. The number of likely N-dealkylation sites (tertiary alicyclic amines) is 1. The highest BCUT2D eigenvalue weighted by Gasteiger charge is 2.17. The lowest BCUT2D eigenvalue weighted by atomic mass is 10.3. The normalized spacial score (nSPS) is 14.8. The van der Waals surface area contributed by atoms with Gasteiger partial charge in [-0.25, -0.2) is 4.79 Å². The minimum atomic E-state index is -0.409. The quantitative estimate of drug-likeness (QED) is 0.536. The molecule has 0 aromatic rings. The highest BCUT2D eigenvalue weighted by molar-refractivity contribution is 5.88. The number of hydrogen-bond donors (Lipinski definition) is 1. The lowest BCUT2D eigenvalue weighted by molar-refractivity contribution is -0.138. The Morgan fingerprint density at radius 3 is 2.53 bits per heavy atom. The summed E-state index contributed by atoms with van der Waals surface area (Å²) in [5.41, 5.74) is 0.348. The van der Waals surface area contributed by atoms with E-state index in [9.17, 15) is 9.59 Å². The van der Waals surface area contributed by atoms with Crippen LogP contribution in [0.15, 0.2) is 12.2 Å². The number of carbonyl (C=O) groups excluding carboxylic acids is 2. The van der Waals surface area contributed by atoms with E-state index in [1.807, 2.05) is 4.90 Å². The molecule has 17 heavy (non-hydrogen) atoms. The van der Waals surface area contributed by atoms with Crippen LogP contribution in [0.25, 0.3) is 0 Å². The summed E-state index contributed by atoms with van der Waals surface area (Å²) in [5, 5.41) is 2.91. The third-order valence-electron chi connectivity index (χ3n) is 2.64. The fraction of sp³-hybridized carbons (Fsp3) is 0.667. The molecule has 1 saturated heterocycles. The molecule has 0 spiro atoms. The molecule has 1 amide bonds. The van der Waals surface area contributed by atoms with Gasteiger partial charge in [0.1, 0.15) is 0 Å². The highest BCUT2D eigenvalue weighted by Crippen LogP contribution is 2.06. The van der Waals surface area contributed by atoms with E-state index in [2.05, 4.69) is 11.9 Å². The molecule has 5 nitrogen and oxygen atoms in total. The van der Waals surface area contributed by atoms with Gasteiger partial charge in [-0.15, -0.1) is 0 Å². The van der Waals surface area contributed by atoms with Gasteiger partial charge in [-0.3, -0.25) is 4.79 Å². The largest absolute Gasteiger partial charge is 0.463 e. The molecule has 96 valence electrons. The van der Waals surface area contributed by atoms with Crippen molar-refractivity contribution in [1.82, 2.24) is 10.2 Å². The van der Waals surface area contributed by atoms with E-state index >= 15 is 0 Å². The Morgan fingerprint density at radius 2 is 1.94 bits per heavy atom. The lowest BCUT2D eigenvalue weighted by Crippen LogP contribution is -2.37. The molecule has 0 saturated carbocycles. The van der Waals surface area contributed by atoms with Gasteiger partial charge in [-0.05, 0) is 19.8 Å². The number of nitrogens with zero attached hydrogens (tertiary/aromatic N) is 1. The first-order valence-corrected chi connectivity index (χ1v) is 5.98. The highest BCUT2D eigenvalue weighted by atomic mass is 16.5. The number of ether oxygens (including phenoxy) is 1. The van der Waals surface area contributed by atoms with Crippen molar-refractivity contribution in [3.8, 4) is 0 Å². The van der Waals surface area contributed by atoms with Crippen molar-refractivity contribution in [3.05, 3.63) is 12.2 Å². The van der Waals surface area contributed by atoms with E-state index in [0.29, 0.717) is 18.7 Å². The molecule has 1 aliphatic rings. The number of carbonyl (C=O) groups is 2. The maximum atomic E-state index is 11.6. The number of rotatable bonds is 6. The predicted molar refractivity (Wildman–Crippen MR) is 64.5 cm³/mol. The Bertz CT molecular complexity index is 296. The maximum Gasteiger partial charge on any atom is 0.334 e. The fourth-order valence-corrected chi connectivity index (χ4v) is 1.70. The van der Waals surface area contributed by atoms with E-state index in [4.69, 9.17) is 4.74 Å². The van der Waals surface area contributed by atoms with E-state index < -0.39 is 5.97 Å². The second kappa shape index (κ2) is 7.06. The molecule has 1 aliphatic heterocycles. The van der Waals surface area contributed by atoms with Crippen LogP contribution in [0.5, 0.6) is 0 Å². The van der Waals surface area contributed by atoms with Crippen LogP contribution in [0.4, 0.5) is 0 Å². The lowest BCUT2D eigenvalue weighted by Gasteiger charge is -2.15. The monoisotopic (exact) mass is 240 g/mol. The SMILES string of the molecule is C=C(CNCC(=O)N1CCCC1)C(=O)OCC. The Labute approximate surface area is 102 Å². The zero-order valence-corrected chi connectivity index (χ0v) is 10.3. The molecular formula is C12H20N2O3. The number of esters is 1. The number of hydrogen-bond acceptors (Lipinski definition) is 4. The van der Waals surface area contributed by atoms with Crippen molar-refractivity contribution < 1.29 is 14.3 Å². The van der Waals surface area contributed by atoms with Gasteiger partial charge in [0.25, 0.3) is 0 Å². The summed E-state index contributed by atoms with van der Waals surface area (Å²) in [6, 6.07) is 0. The van der Waals surface area contributed by atoms with Crippen molar-refractivity contribution in [2.24, 2.45) is 0 Å². The van der Waals surface area contributed by atoms with Gasteiger partial charge in [-0.2, -0.15) is 0 Å². The van der Waals surface area contributed by atoms with Gasteiger partial charge < -0.3 is 15.0 Å². The van der Waals surface area contributed by atoms with Crippen molar-refractivity contribution in [1.29, 1.82) is 0 Å². The average Bonchev–Trinajstić information content (AvgIpc) is 2.82. The van der Waals surface area contributed by atoms with Crippen LogP contribution in [0.3, 0.4) is 0 Å². The Hall–Kier alpha value is -1.36. The molecule has 1 N–H and O–H groups in total. The topological polar surface area (TPSA) is 58.6 Å². The molecule has 0 unspecified atom stereocenters. The molecule has 5 heteroatoms. The molecule has 1 heterocycles. The maximum absolute atomic E-state index is 11.6. The van der Waals surface area contributed by atoms with Gasteiger partial charge in [0.05, 0.1) is 13.2 Å². The van der Waals surface area contributed by atoms with Crippen LogP contribution in [0.1, 0.15) is 19.8 Å². The first-order chi connectivity index (χ1) is 8.15. The van der Waals surface area contributed by atoms with Crippen LogP contribution in [0.2, 0.25) is 0 Å². The first-order valence-electron chi connectivity index (χ1n) is 5.98. The summed E-state index contributed by atoms with van der Waals surface area (Å²) in [6.07, 6.45) is 2.17. The summed E-state index contributed by atoms with van der Waals surface area (Å²) >= 11 is 0. The summed E-state index contributed by atoms with van der Waals surface area (Å²) in [4.78, 5) is 24.7. The molecule has 1 fully saturated rings. The van der Waals surface area contributed by atoms with E-state index in [0.717, 1.165) is 25.9 Å². The summed E-state index contributed by atoms with van der Waals surface area (Å²) in [6.45, 7) is 7.92. The van der Waals surface area contributed by atoms with Crippen LogP contribution in [-0.4, -0.2) is 49.6 Å². The van der Waals surface area contributed by atoms with E-state index in [1.54, 1.807) is 6.92 Å². The Kier molecular flexibility index (Phi) is 5.69.